The fourth-order valence-corrected chi connectivity index (χ4v) is 1.10. The Morgan fingerprint density at radius 3 is 2.24 bits per heavy atom. The lowest BCUT2D eigenvalue weighted by Crippen LogP contribution is -2.41. The minimum Gasteiger partial charge on any atom is -0.479 e. The van der Waals surface area contributed by atoms with Gasteiger partial charge in [-0.05, 0) is 0 Å². The van der Waals surface area contributed by atoms with Crippen molar-refractivity contribution >= 4 is 12.0 Å². The van der Waals surface area contributed by atoms with Crippen LogP contribution in [0.5, 0.6) is 0 Å². The lowest BCUT2D eigenvalue weighted by molar-refractivity contribution is -0.146. The van der Waals surface area contributed by atoms with Gasteiger partial charge >= 0.3 is 12.0 Å². The first kappa shape index (κ1) is 15.2. The van der Waals surface area contributed by atoms with Crippen molar-refractivity contribution in [2.75, 3.05) is 19.6 Å². The molecule has 3 N–H and O–H groups in total. The molecule has 1 atom stereocenters. The second-order valence-electron chi connectivity index (χ2n) is 3.36. The summed E-state index contributed by atoms with van der Waals surface area (Å²) in [4.78, 5) is 23.3. The molecule has 6 heteroatoms. The van der Waals surface area contributed by atoms with Crippen molar-refractivity contribution in [3.63, 3.8) is 0 Å². The molecule has 0 heterocycles. The maximum Gasteiger partial charge on any atom is 0.332 e. The quantitative estimate of drug-likeness (QED) is 0.531. The highest BCUT2D eigenvalue weighted by atomic mass is 16.4. The van der Waals surface area contributed by atoms with E-state index in [0.717, 1.165) is 0 Å². The summed E-state index contributed by atoms with van der Waals surface area (Å²) in [5.74, 6) is -1.30. The first-order valence-electron chi connectivity index (χ1n) is 5.18. The number of hydrogen-bond acceptors (Lipinski definition) is 3. The zero-order valence-corrected chi connectivity index (χ0v) is 9.63. The van der Waals surface area contributed by atoms with E-state index >= 15 is 0 Å². The third-order valence-electron chi connectivity index (χ3n) is 1.97. The number of carboxylic acids is 1. The number of carboxylic acid groups (broad SMARTS) is 1. The van der Waals surface area contributed by atoms with Crippen LogP contribution in [0.15, 0.2) is 25.3 Å². The fourth-order valence-electron chi connectivity index (χ4n) is 1.10. The largest absolute Gasteiger partial charge is 0.479 e. The lowest BCUT2D eigenvalue weighted by Gasteiger charge is -2.20. The van der Waals surface area contributed by atoms with E-state index in [1.807, 2.05) is 0 Å². The number of hydrogen-bond donors (Lipinski definition) is 3. The summed E-state index contributed by atoms with van der Waals surface area (Å²) in [6.45, 7) is 7.89. The van der Waals surface area contributed by atoms with Crippen molar-refractivity contribution in [1.82, 2.24) is 10.2 Å². The molecule has 0 bridgehead atoms. The van der Waals surface area contributed by atoms with E-state index in [2.05, 4.69) is 18.5 Å². The maximum absolute atomic E-state index is 11.6. The van der Waals surface area contributed by atoms with Crippen molar-refractivity contribution in [2.24, 2.45) is 0 Å². The number of aliphatic hydroxyl groups excluding tert-OH is 1. The van der Waals surface area contributed by atoms with E-state index in [1.54, 1.807) is 12.2 Å². The number of urea groups is 1. The summed E-state index contributed by atoms with van der Waals surface area (Å²) in [6, 6.07) is -0.345. The first-order valence-corrected chi connectivity index (χ1v) is 5.18. The van der Waals surface area contributed by atoms with Gasteiger partial charge < -0.3 is 20.4 Å². The third kappa shape index (κ3) is 6.36. The van der Waals surface area contributed by atoms with Gasteiger partial charge in [-0.25, -0.2) is 9.59 Å². The van der Waals surface area contributed by atoms with Crippen LogP contribution in [0, 0.1) is 0 Å². The summed E-state index contributed by atoms with van der Waals surface area (Å²) < 4.78 is 0. The SMILES string of the molecule is C=CCN(CC=C)C(=O)NCCC(O)C(=O)O. The summed E-state index contributed by atoms with van der Waals surface area (Å²) in [7, 11) is 0. The number of nitrogens with zero attached hydrogens (tertiary/aromatic N) is 1. The number of amides is 2. The Morgan fingerprint density at radius 2 is 1.82 bits per heavy atom. The summed E-state index contributed by atoms with van der Waals surface area (Å²) >= 11 is 0. The average Bonchev–Trinajstić information content (AvgIpc) is 2.28. The van der Waals surface area contributed by atoms with Gasteiger partial charge in [-0.1, -0.05) is 12.2 Å². The highest BCUT2D eigenvalue weighted by Crippen LogP contribution is 1.93. The van der Waals surface area contributed by atoms with E-state index < -0.39 is 12.1 Å². The Bertz CT molecular complexity index is 281. The normalized spacial score (nSPS) is 11.4. The maximum atomic E-state index is 11.6. The van der Waals surface area contributed by atoms with E-state index in [0.29, 0.717) is 13.1 Å². The van der Waals surface area contributed by atoms with Crippen LogP contribution in [0.25, 0.3) is 0 Å². The average molecular weight is 242 g/mol. The molecular weight excluding hydrogens is 224 g/mol. The smallest absolute Gasteiger partial charge is 0.332 e. The standard InChI is InChI=1S/C11H18N2O4/c1-3-7-13(8-4-2)11(17)12-6-5-9(14)10(15)16/h3-4,9,14H,1-2,5-8H2,(H,12,17)(H,15,16). The van der Waals surface area contributed by atoms with Gasteiger partial charge in [0.15, 0.2) is 6.10 Å². The van der Waals surface area contributed by atoms with E-state index in [-0.39, 0.29) is 19.0 Å². The molecule has 0 saturated heterocycles. The lowest BCUT2D eigenvalue weighted by atomic mass is 10.2. The van der Waals surface area contributed by atoms with Gasteiger partial charge in [-0.2, -0.15) is 0 Å². The van der Waals surface area contributed by atoms with Gasteiger partial charge in [0.25, 0.3) is 0 Å². The van der Waals surface area contributed by atoms with Gasteiger partial charge in [0.05, 0.1) is 0 Å². The number of aliphatic carboxylic acids is 1. The Labute approximate surface area is 100 Å². The monoisotopic (exact) mass is 242 g/mol. The van der Waals surface area contributed by atoms with Crippen molar-refractivity contribution in [2.45, 2.75) is 12.5 Å². The number of rotatable bonds is 8. The van der Waals surface area contributed by atoms with E-state index in [1.165, 1.54) is 4.90 Å². The molecule has 17 heavy (non-hydrogen) atoms. The molecular formula is C11H18N2O4. The first-order chi connectivity index (χ1) is 8.02. The number of carbonyl (C=O) groups is 2. The summed E-state index contributed by atoms with van der Waals surface area (Å²) in [5.41, 5.74) is 0. The molecule has 0 spiro atoms. The van der Waals surface area contributed by atoms with Crippen LogP contribution >= 0.6 is 0 Å². The van der Waals surface area contributed by atoms with Crippen molar-refractivity contribution in [1.29, 1.82) is 0 Å². The van der Waals surface area contributed by atoms with Crippen LogP contribution in [0.3, 0.4) is 0 Å². The van der Waals surface area contributed by atoms with Crippen molar-refractivity contribution in [3.8, 4) is 0 Å². The molecule has 1 unspecified atom stereocenters. The number of carbonyl (C=O) groups excluding carboxylic acids is 1. The van der Waals surface area contributed by atoms with Gasteiger partial charge in [0.2, 0.25) is 0 Å². The molecule has 6 nitrogen and oxygen atoms in total. The van der Waals surface area contributed by atoms with Crippen LogP contribution in [-0.2, 0) is 4.79 Å². The summed E-state index contributed by atoms with van der Waals surface area (Å²) in [6.07, 6.45) is 1.67. The molecule has 0 aliphatic rings. The fraction of sp³-hybridized carbons (Fsp3) is 0.455. The third-order valence-corrected chi connectivity index (χ3v) is 1.97. The number of aliphatic hydroxyl groups is 1. The number of nitrogens with one attached hydrogen (secondary N) is 1. The van der Waals surface area contributed by atoms with Crippen LogP contribution in [0.4, 0.5) is 4.79 Å². The van der Waals surface area contributed by atoms with Gasteiger partial charge in [-0.3, -0.25) is 0 Å². The molecule has 0 radical (unpaired) electrons. The second-order valence-corrected chi connectivity index (χ2v) is 3.36. The predicted octanol–water partition coefficient (Wildman–Crippen LogP) is 0.206. The molecule has 0 aliphatic heterocycles. The molecule has 0 aromatic rings. The molecule has 0 aromatic carbocycles. The zero-order valence-electron chi connectivity index (χ0n) is 9.63. The predicted molar refractivity (Wildman–Crippen MR) is 63.6 cm³/mol. The Balaban J connectivity index is 4.00. The molecule has 2 amide bonds. The Morgan fingerprint density at radius 1 is 1.29 bits per heavy atom. The highest BCUT2D eigenvalue weighted by molar-refractivity contribution is 5.75. The molecule has 0 aliphatic carbocycles. The Hall–Kier alpha value is -1.82. The van der Waals surface area contributed by atoms with Crippen LogP contribution in [0.2, 0.25) is 0 Å². The van der Waals surface area contributed by atoms with Crippen molar-refractivity contribution < 1.29 is 19.8 Å². The van der Waals surface area contributed by atoms with Crippen LogP contribution in [0.1, 0.15) is 6.42 Å². The van der Waals surface area contributed by atoms with Crippen LogP contribution in [-0.4, -0.2) is 52.9 Å². The highest BCUT2D eigenvalue weighted by Gasteiger charge is 2.14. The van der Waals surface area contributed by atoms with Gasteiger partial charge in [-0.15, -0.1) is 13.2 Å². The minimum absolute atomic E-state index is 0.0307. The molecule has 0 fully saturated rings. The van der Waals surface area contributed by atoms with Gasteiger partial charge in [0.1, 0.15) is 0 Å². The molecule has 96 valence electrons. The van der Waals surface area contributed by atoms with Crippen LogP contribution < -0.4 is 5.32 Å². The van der Waals surface area contributed by atoms with E-state index in [4.69, 9.17) is 10.2 Å². The Kier molecular flexibility index (Phi) is 7.45. The minimum atomic E-state index is -1.46. The topological polar surface area (TPSA) is 89.9 Å². The molecule has 0 rings (SSSR count). The summed E-state index contributed by atoms with van der Waals surface area (Å²) in [5, 5.41) is 19.9. The van der Waals surface area contributed by atoms with E-state index in [9.17, 15) is 9.59 Å². The van der Waals surface area contributed by atoms with Gasteiger partial charge in [0, 0.05) is 26.1 Å². The molecule has 0 saturated carbocycles. The molecule has 0 aromatic heterocycles. The second kappa shape index (κ2) is 8.35. The van der Waals surface area contributed by atoms with Crippen molar-refractivity contribution in [3.05, 3.63) is 25.3 Å². The zero-order chi connectivity index (χ0) is 13.3.